The number of rotatable bonds is 6. The first-order chi connectivity index (χ1) is 8.93. The molecule has 7 heteroatoms. The number of benzene rings is 1. The molecule has 0 bridgehead atoms. The first kappa shape index (κ1) is 14.3. The summed E-state index contributed by atoms with van der Waals surface area (Å²) in [6.45, 7) is -0.693. The fourth-order valence-corrected chi connectivity index (χ4v) is 3.33. The highest BCUT2D eigenvalue weighted by Gasteiger charge is 2.42. The lowest BCUT2D eigenvalue weighted by Gasteiger charge is -2.06. The Labute approximate surface area is 109 Å². The highest BCUT2D eigenvalue weighted by atomic mass is 32.2. The van der Waals surface area contributed by atoms with Crippen LogP contribution in [0.15, 0.2) is 18.2 Å². The summed E-state index contributed by atoms with van der Waals surface area (Å²) >= 11 is 0. The Kier molecular flexibility index (Phi) is 4.15. The van der Waals surface area contributed by atoms with E-state index in [1.54, 1.807) is 0 Å². The quantitative estimate of drug-likeness (QED) is 0.873. The van der Waals surface area contributed by atoms with Crippen molar-refractivity contribution >= 4 is 10.0 Å². The van der Waals surface area contributed by atoms with Crippen LogP contribution in [0.1, 0.15) is 24.3 Å². The molecule has 1 aromatic carbocycles. The SMILES string of the molecule is O=S(=O)(CCCF)NC1CC1c1ccc(F)cc1F. The molecule has 1 saturated carbocycles. The van der Waals surface area contributed by atoms with Crippen LogP contribution in [-0.2, 0) is 10.0 Å². The van der Waals surface area contributed by atoms with Gasteiger partial charge < -0.3 is 0 Å². The summed E-state index contributed by atoms with van der Waals surface area (Å²) in [5, 5.41) is 0. The summed E-state index contributed by atoms with van der Waals surface area (Å²) in [7, 11) is -3.53. The van der Waals surface area contributed by atoms with E-state index < -0.39 is 28.3 Å². The Balaban J connectivity index is 1.97. The largest absolute Gasteiger partial charge is 0.251 e. The van der Waals surface area contributed by atoms with Gasteiger partial charge in [0.25, 0.3) is 0 Å². The predicted octanol–water partition coefficient (Wildman–Crippen LogP) is 2.10. The molecule has 2 rings (SSSR count). The Morgan fingerprint density at radius 2 is 2.05 bits per heavy atom. The number of hydrogen-bond acceptors (Lipinski definition) is 2. The maximum Gasteiger partial charge on any atom is 0.211 e. The van der Waals surface area contributed by atoms with E-state index in [4.69, 9.17) is 0 Å². The molecule has 3 nitrogen and oxygen atoms in total. The van der Waals surface area contributed by atoms with Crippen molar-refractivity contribution in [1.82, 2.24) is 4.72 Å². The third-order valence-electron chi connectivity index (χ3n) is 3.03. The Hall–Kier alpha value is -1.08. The summed E-state index contributed by atoms with van der Waals surface area (Å²) < 4.78 is 63.6. The Morgan fingerprint density at radius 3 is 2.68 bits per heavy atom. The lowest BCUT2D eigenvalue weighted by Crippen LogP contribution is -2.29. The Morgan fingerprint density at radius 1 is 1.32 bits per heavy atom. The second-order valence-corrected chi connectivity index (χ2v) is 6.47. The second-order valence-electron chi connectivity index (χ2n) is 4.59. The zero-order valence-corrected chi connectivity index (χ0v) is 10.9. The van der Waals surface area contributed by atoms with Crippen molar-refractivity contribution < 1.29 is 21.6 Å². The number of hydrogen-bond donors (Lipinski definition) is 1. The van der Waals surface area contributed by atoms with Crippen LogP contribution in [0.4, 0.5) is 13.2 Å². The van der Waals surface area contributed by atoms with E-state index in [1.807, 2.05) is 0 Å². The van der Waals surface area contributed by atoms with Crippen molar-refractivity contribution in [3.63, 3.8) is 0 Å². The van der Waals surface area contributed by atoms with Gasteiger partial charge in [0.2, 0.25) is 10.0 Å². The predicted molar refractivity (Wildman–Crippen MR) is 65.0 cm³/mol. The normalized spacial score (nSPS) is 22.5. The summed E-state index contributed by atoms with van der Waals surface area (Å²) in [5.74, 6) is -1.89. The van der Waals surface area contributed by atoms with E-state index >= 15 is 0 Å². The molecule has 1 fully saturated rings. The molecule has 1 aliphatic carbocycles. The molecule has 1 N–H and O–H groups in total. The molecule has 2 atom stereocenters. The zero-order valence-electron chi connectivity index (χ0n) is 10.1. The molecule has 1 aromatic rings. The van der Waals surface area contributed by atoms with Crippen molar-refractivity contribution in [2.45, 2.75) is 24.8 Å². The fourth-order valence-electron chi connectivity index (χ4n) is 2.01. The minimum absolute atomic E-state index is 0.0579. The molecule has 19 heavy (non-hydrogen) atoms. The van der Waals surface area contributed by atoms with Gasteiger partial charge in [0.1, 0.15) is 11.6 Å². The topological polar surface area (TPSA) is 46.2 Å². The van der Waals surface area contributed by atoms with Gasteiger partial charge in [-0.1, -0.05) is 6.07 Å². The molecule has 0 aliphatic heterocycles. The van der Waals surface area contributed by atoms with E-state index in [0.29, 0.717) is 12.0 Å². The van der Waals surface area contributed by atoms with Gasteiger partial charge in [-0.25, -0.2) is 21.9 Å². The van der Waals surface area contributed by atoms with E-state index in [9.17, 15) is 21.6 Å². The van der Waals surface area contributed by atoms with E-state index in [-0.39, 0.29) is 24.1 Å². The van der Waals surface area contributed by atoms with Crippen LogP contribution < -0.4 is 4.72 Å². The van der Waals surface area contributed by atoms with Crippen LogP contribution in [-0.4, -0.2) is 26.9 Å². The van der Waals surface area contributed by atoms with Crippen molar-refractivity contribution in [3.05, 3.63) is 35.4 Å². The van der Waals surface area contributed by atoms with E-state index in [2.05, 4.69) is 4.72 Å². The fraction of sp³-hybridized carbons (Fsp3) is 0.500. The Bertz CT molecular complexity index is 562. The molecule has 0 saturated heterocycles. The molecule has 2 unspecified atom stereocenters. The third kappa shape index (κ3) is 3.70. The van der Waals surface area contributed by atoms with Gasteiger partial charge in [-0.15, -0.1) is 0 Å². The maximum absolute atomic E-state index is 13.5. The molecule has 0 radical (unpaired) electrons. The van der Waals surface area contributed by atoms with Gasteiger partial charge >= 0.3 is 0 Å². The molecule has 106 valence electrons. The van der Waals surface area contributed by atoms with Gasteiger partial charge in [0, 0.05) is 18.0 Å². The standard InChI is InChI=1S/C12H14F3NO2S/c13-4-1-5-19(17,18)16-12-7-10(12)9-3-2-8(14)6-11(9)15/h2-3,6,10,12,16H,1,4-5,7H2. The summed E-state index contributed by atoms with van der Waals surface area (Å²) in [5.41, 5.74) is 0.305. The summed E-state index contributed by atoms with van der Waals surface area (Å²) in [6.07, 6.45) is 0.412. The minimum Gasteiger partial charge on any atom is -0.251 e. The van der Waals surface area contributed by atoms with Gasteiger partial charge in [-0.2, -0.15) is 0 Å². The van der Waals surface area contributed by atoms with Crippen LogP contribution in [0, 0.1) is 11.6 Å². The number of alkyl halides is 1. The van der Waals surface area contributed by atoms with Crippen molar-refractivity contribution in [1.29, 1.82) is 0 Å². The van der Waals surface area contributed by atoms with Gasteiger partial charge in [0.05, 0.1) is 12.4 Å². The molecular formula is C12H14F3NO2S. The van der Waals surface area contributed by atoms with E-state index in [0.717, 1.165) is 12.1 Å². The van der Waals surface area contributed by atoms with Crippen LogP contribution in [0.3, 0.4) is 0 Å². The van der Waals surface area contributed by atoms with Crippen molar-refractivity contribution in [3.8, 4) is 0 Å². The van der Waals surface area contributed by atoms with Crippen LogP contribution in [0.25, 0.3) is 0 Å². The van der Waals surface area contributed by atoms with E-state index in [1.165, 1.54) is 6.07 Å². The first-order valence-corrected chi connectivity index (χ1v) is 7.59. The molecule has 1 aliphatic rings. The summed E-state index contributed by atoms with van der Waals surface area (Å²) in [4.78, 5) is 0. The van der Waals surface area contributed by atoms with Crippen LogP contribution in [0.5, 0.6) is 0 Å². The third-order valence-corrected chi connectivity index (χ3v) is 4.52. The second kappa shape index (κ2) is 5.50. The molecule has 0 heterocycles. The first-order valence-electron chi connectivity index (χ1n) is 5.94. The smallest absolute Gasteiger partial charge is 0.211 e. The monoisotopic (exact) mass is 293 g/mol. The molecule has 0 amide bonds. The highest BCUT2D eigenvalue weighted by Crippen LogP contribution is 2.42. The summed E-state index contributed by atoms with van der Waals surface area (Å²) in [6, 6.07) is 2.86. The molecular weight excluding hydrogens is 279 g/mol. The van der Waals surface area contributed by atoms with Crippen molar-refractivity contribution in [2.24, 2.45) is 0 Å². The van der Waals surface area contributed by atoms with Gasteiger partial charge in [-0.3, -0.25) is 4.39 Å². The highest BCUT2D eigenvalue weighted by molar-refractivity contribution is 7.89. The molecule has 0 spiro atoms. The van der Waals surface area contributed by atoms with Crippen LogP contribution >= 0.6 is 0 Å². The van der Waals surface area contributed by atoms with Gasteiger partial charge in [0.15, 0.2) is 0 Å². The maximum atomic E-state index is 13.5. The van der Waals surface area contributed by atoms with Crippen LogP contribution in [0.2, 0.25) is 0 Å². The minimum atomic E-state index is -3.53. The lowest BCUT2D eigenvalue weighted by molar-refractivity contribution is 0.483. The number of nitrogens with one attached hydrogen (secondary N) is 1. The average molecular weight is 293 g/mol. The molecule has 0 aromatic heterocycles. The van der Waals surface area contributed by atoms with Crippen molar-refractivity contribution in [2.75, 3.05) is 12.4 Å². The lowest BCUT2D eigenvalue weighted by atomic mass is 10.1. The zero-order chi connectivity index (χ0) is 14.0. The number of halogens is 3. The average Bonchev–Trinajstić information content (AvgIpc) is 3.04. The number of sulfonamides is 1. The van der Waals surface area contributed by atoms with Gasteiger partial charge in [-0.05, 0) is 24.5 Å².